The fourth-order valence-corrected chi connectivity index (χ4v) is 4.05. The molecule has 0 amide bonds. The average Bonchev–Trinajstić information content (AvgIpc) is 3.03. The molecule has 10 heteroatoms. The van der Waals surface area contributed by atoms with Crippen LogP contribution in [0.2, 0.25) is 0 Å². The standard InChI is InChI=1S/C18H20FN5O3S/c1-22-6-5-13-16(22)20-18(21-17(13)25)24-9-7-23(8-10-24)15-4-3-12(11-14(15)19)28(2,26)27/h3-6,11H,7-10H2,1-2H3,(H,20,21,25). The van der Waals surface area contributed by atoms with Crippen molar-refractivity contribution in [1.29, 1.82) is 0 Å². The topological polar surface area (TPSA) is 91.3 Å². The molecule has 2 aromatic heterocycles. The van der Waals surface area contributed by atoms with Crippen LogP contribution in [0.15, 0.2) is 40.2 Å². The minimum absolute atomic E-state index is 0.0370. The van der Waals surface area contributed by atoms with E-state index in [1.165, 1.54) is 12.1 Å². The summed E-state index contributed by atoms with van der Waals surface area (Å²) in [5, 5.41) is 0.540. The Labute approximate surface area is 161 Å². The molecule has 1 aliphatic heterocycles. The van der Waals surface area contributed by atoms with Crippen molar-refractivity contribution >= 4 is 32.5 Å². The number of hydrogen-bond acceptors (Lipinski definition) is 6. The van der Waals surface area contributed by atoms with Gasteiger partial charge in [-0.1, -0.05) is 0 Å². The number of aryl methyl sites for hydroxylation is 1. The van der Waals surface area contributed by atoms with Crippen LogP contribution in [0.5, 0.6) is 0 Å². The first-order chi connectivity index (χ1) is 13.2. The fraction of sp³-hybridized carbons (Fsp3) is 0.333. The van der Waals surface area contributed by atoms with Crippen molar-refractivity contribution in [2.45, 2.75) is 4.90 Å². The Hall–Kier alpha value is -2.88. The minimum atomic E-state index is -3.45. The first kappa shape index (κ1) is 18.5. The maximum Gasteiger partial charge on any atom is 0.261 e. The number of sulfone groups is 1. The zero-order valence-corrected chi connectivity index (χ0v) is 16.3. The van der Waals surface area contributed by atoms with Crippen molar-refractivity contribution < 1.29 is 12.8 Å². The number of piperazine rings is 1. The molecule has 1 aliphatic rings. The molecular formula is C18H20FN5O3S. The van der Waals surface area contributed by atoms with E-state index in [1.807, 2.05) is 16.8 Å². The van der Waals surface area contributed by atoms with Gasteiger partial charge < -0.3 is 14.4 Å². The van der Waals surface area contributed by atoms with E-state index < -0.39 is 15.7 Å². The third-order valence-corrected chi connectivity index (χ3v) is 6.10. The van der Waals surface area contributed by atoms with Gasteiger partial charge in [0, 0.05) is 45.7 Å². The van der Waals surface area contributed by atoms with Gasteiger partial charge >= 0.3 is 0 Å². The van der Waals surface area contributed by atoms with Gasteiger partial charge in [0.25, 0.3) is 5.56 Å². The highest BCUT2D eigenvalue weighted by molar-refractivity contribution is 7.90. The number of nitrogens with one attached hydrogen (secondary N) is 1. The minimum Gasteiger partial charge on any atom is -0.366 e. The second-order valence-electron chi connectivity index (χ2n) is 6.91. The van der Waals surface area contributed by atoms with Crippen LogP contribution in [0.4, 0.5) is 16.0 Å². The van der Waals surface area contributed by atoms with E-state index in [0.717, 1.165) is 12.3 Å². The zero-order valence-electron chi connectivity index (χ0n) is 15.5. The summed E-state index contributed by atoms with van der Waals surface area (Å²) in [6, 6.07) is 5.70. The van der Waals surface area contributed by atoms with E-state index in [-0.39, 0.29) is 10.5 Å². The first-order valence-corrected chi connectivity index (χ1v) is 10.7. The van der Waals surface area contributed by atoms with Crippen molar-refractivity contribution in [2.24, 2.45) is 7.05 Å². The van der Waals surface area contributed by atoms with Crippen molar-refractivity contribution in [3.63, 3.8) is 0 Å². The molecule has 0 atom stereocenters. The number of H-pyrrole nitrogens is 1. The van der Waals surface area contributed by atoms with Gasteiger partial charge in [-0.25, -0.2) is 12.8 Å². The summed E-state index contributed by atoms with van der Waals surface area (Å²) in [4.78, 5) is 23.4. The Morgan fingerprint density at radius 3 is 2.43 bits per heavy atom. The van der Waals surface area contributed by atoms with Crippen LogP contribution in [0.3, 0.4) is 0 Å². The van der Waals surface area contributed by atoms with Gasteiger partial charge in [-0.15, -0.1) is 0 Å². The molecule has 0 aliphatic carbocycles. The van der Waals surface area contributed by atoms with E-state index in [2.05, 4.69) is 9.97 Å². The molecule has 148 valence electrons. The monoisotopic (exact) mass is 405 g/mol. The number of rotatable bonds is 3. The van der Waals surface area contributed by atoms with E-state index in [1.54, 1.807) is 16.8 Å². The average molecular weight is 405 g/mol. The fourth-order valence-electron chi connectivity index (χ4n) is 3.42. The van der Waals surface area contributed by atoms with Crippen molar-refractivity contribution in [2.75, 3.05) is 42.2 Å². The van der Waals surface area contributed by atoms with E-state index in [9.17, 15) is 17.6 Å². The van der Waals surface area contributed by atoms with Gasteiger partial charge in [-0.05, 0) is 24.3 Å². The largest absolute Gasteiger partial charge is 0.366 e. The summed E-state index contributed by atoms with van der Waals surface area (Å²) in [6.45, 7) is 2.13. The molecule has 0 saturated carbocycles. The van der Waals surface area contributed by atoms with Gasteiger partial charge in [-0.3, -0.25) is 9.78 Å². The molecule has 0 bridgehead atoms. The summed E-state index contributed by atoms with van der Waals surface area (Å²) < 4.78 is 39.4. The van der Waals surface area contributed by atoms with Crippen LogP contribution in [-0.4, -0.2) is 55.4 Å². The lowest BCUT2D eigenvalue weighted by Crippen LogP contribution is -2.47. The molecule has 3 heterocycles. The van der Waals surface area contributed by atoms with Gasteiger partial charge in [0.2, 0.25) is 5.95 Å². The highest BCUT2D eigenvalue weighted by atomic mass is 32.2. The van der Waals surface area contributed by atoms with E-state index >= 15 is 0 Å². The van der Waals surface area contributed by atoms with Gasteiger partial charge in [0.1, 0.15) is 11.5 Å². The summed E-state index contributed by atoms with van der Waals surface area (Å²) in [5.74, 6) is -0.0695. The van der Waals surface area contributed by atoms with Gasteiger partial charge in [0.05, 0.1) is 16.0 Å². The number of aromatic amines is 1. The Kier molecular flexibility index (Phi) is 4.37. The number of aromatic nitrogens is 3. The highest BCUT2D eigenvalue weighted by Crippen LogP contribution is 2.24. The lowest BCUT2D eigenvalue weighted by Gasteiger charge is -2.36. The molecule has 1 saturated heterocycles. The van der Waals surface area contributed by atoms with Gasteiger partial charge in [0.15, 0.2) is 9.84 Å². The molecule has 0 unspecified atom stereocenters. The Bertz CT molecular complexity index is 1210. The molecule has 3 aromatic rings. The third-order valence-electron chi connectivity index (χ3n) is 4.99. The number of nitrogens with zero attached hydrogens (tertiary/aromatic N) is 4. The normalized spacial score (nSPS) is 15.4. The maximum atomic E-state index is 14.4. The maximum absolute atomic E-state index is 14.4. The van der Waals surface area contributed by atoms with Gasteiger partial charge in [-0.2, -0.15) is 4.98 Å². The second kappa shape index (κ2) is 6.62. The molecule has 1 fully saturated rings. The molecule has 4 rings (SSSR count). The molecule has 0 radical (unpaired) electrons. The SMILES string of the molecule is Cn1ccc2c(=O)[nH]c(N3CCN(c4ccc(S(C)(=O)=O)cc4F)CC3)nc21. The molecule has 1 N–H and O–H groups in total. The number of hydrogen-bond donors (Lipinski definition) is 1. The number of fused-ring (bicyclic) bond motifs is 1. The third kappa shape index (κ3) is 3.24. The summed E-state index contributed by atoms with van der Waals surface area (Å²) in [5.41, 5.74) is 0.792. The molecule has 8 nitrogen and oxygen atoms in total. The molecule has 0 spiro atoms. The quantitative estimate of drug-likeness (QED) is 0.703. The number of halogens is 1. The smallest absolute Gasteiger partial charge is 0.261 e. The predicted octanol–water partition coefficient (Wildman–Crippen LogP) is 1.13. The Balaban J connectivity index is 1.54. The zero-order chi connectivity index (χ0) is 20.1. The van der Waals surface area contributed by atoms with E-state index in [0.29, 0.717) is 48.8 Å². The van der Waals surface area contributed by atoms with Crippen LogP contribution in [0.1, 0.15) is 0 Å². The Morgan fingerprint density at radius 2 is 1.79 bits per heavy atom. The van der Waals surface area contributed by atoms with Crippen molar-refractivity contribution in [3.8, 4) is 0 Å². The highest BCUT2D eigenvalue weighted by Gasteiger charge is 2.23. The van der Waals surface area contributed by atoms with Crippen molar-refractivity contribution in [1.82, 2.24) is 14.5 Å². The van der Waals surface area contributed by atoms with Crippen LogP contribution >= 0.6 is 0 Å². The summed E-state index contributed by atoms with van der Waals surface area (Å²) in [6.07, 6.45) is 2.84. The van der Waals surface area contributed by atoms with Crippen LogP contribution in [0, 0.1) is 5.82 Å². The molecular weight excluding hydrogens is 385 g/mol. The van der Waals surface area contributed by atoms with Crippen LogP contribution < -0.4 is 15.4 Å². The second-order valence-corrected chi connectivity index (χ2v) is 8.93. The molecule has 1 aromatic carbocycles. The van der Waals surface area contributed by atoms with E-state index in [4.69, 9.17) is 0 Å². The number of benzene rings is 1. The van der Waals surface area contributed by atoms with Crippen molar-refractivity contribution in [3.05, 3.63) is 46.6 Å². The summed E-state index contributed by atoms with van der Waals surface area (Å²) in [7, 11) is -1.62. The molecule has 28 heavy (non-hydrogen) atoms. The van der Waals surface area contributed by atoms with Crippen LogP contribution in [-0.2, 0) is 16.9 Å². The number of anilines is 2. The Morgan fingerprint density at radius 1 is 1.11 bits per heavy atom. The lowest BCUT2D eigenvalue weighted by atomic mass is 10.2. The van der Waals surface area contributed by atoms with Crippen LogP contribution in [0.25, 0.3) is 11.0 Å². The lowest BCUT2D eigenvalue weighted by molar-refractivity contribution is 0.584. The summed E-state index contributed by atoms with van der Waals surface area (Å²) >= 11 is 0. The first-order valence-electron chi connectivity index (χ1n) is 8.79. The predicted molar refractivity (Wildman–Crippen MR) is 105 cm³/mol.